The lowest BCUT2D eigenvalue weighted by Crippen LogP contribution is -2.31. The Morgan fingerprint density at radius 1 is 1.28 bits per heavy atom. The van der Waals surface area contributed by atoms with E-state index in [1.807, 2.05) is 0 Å². The number of nitro benzene ring substituents is 1. The Balaban J connectivity index is 2.71. The maximum Gasteiger partial charge on any atom is 0.317 e. The van der Waals surface area contributed by atoms with Crippen LogP contribution in [0.4, 0.5) is 23.2 Å². The third kappa shape index (κ3) is 3.15. The van der Waals surface area contributed by atoms with Crippen molar-refractivity contribution in [3.05, 3.63) is 50.2 Å². The van der Waals surface area contributed by atoms with Crippen molar-refractivity contribution in [2.45, 2.75) is 38.3 Å². The molecule has 2 rings (SSSR count). The fourth-order valence-electron chi connectivity index (χ4n) is 2.68. The van der Waals surface area contributed by atoms with Gasteiger partial charge in [-0.25, -0.2) is 13.2 Å². The lowest BCUT2D eigenvalue weighted by Gasteiger charge is -2.20. The van der Waals surface area contributed by atoms with Crippen molar-refractivity contribution in [2.24, 2.45) is 0 Å². The Hall–Kier alpha value is -2.67. The van der Waals surface area contributed by atoms with E-state index in [4.69, 9.17) is 0 Å². The molecule has 0 aliphatic carbocycles. The van der Waals surface area contributed by atoms with Gasteiger partial charge in [0.25, 0.3) is 0 Å². The minimum atomic E-state index is -2.37. The van der Waals surface area contributed by atoms with Crippen LogP contribution < -0.4 is 5.32 Å². The molecule has 6 nitrogen and oxygen atoms in total. The van der Waals surface area contributed by atoms with Gasteiger partial charge in [0, 0.05) is 11.2 Å². The van der Waals surface area contributed by atoms with Crippen LogP contribution in [0.2, 0.25) is 0 Å². The van der Waals surface area contributed by atoms with Crippen LogP contribution in [0.1, 0.15) is 38.4 Å². The number of rotatable bonds is 3. The molecular weight excluding hydrogens is 346 g/mol. The van der Waals surface area contributed by atoms with Gasteiger partial charge in [-0.3, -0.25) is 10.1 Å². The molecule has 1 unspecified atom stereocenters. The second kappa shape index (κ2) is 6.33. The van der Waals surface area contributed by atoms with Gasteiger partial charge in [0.15, 0.2) is 11.6 Å². The van der Waals surface area contributed by atoms with E-state index < -0.39 is 56.7 Å². The molecule has 1 aromatic rings. The zero-order valence-electron chi connectivity index (χ0n) is 13.2. The van der Waals surface area contributed by atoms with Crippen LogP contribution in [0.5, 0.6) is 0 Å². The summed E-state index contributed by atoms with van der Waals surface area (Å²) in [5, 5.41) is 33.3. The Morgan fingerprint density at radius 2 is 1.84 bits per heavy atom. The summed E-state index contributed by atoms with van der Waals surface area (Å²) < 4.78 is 54.5. The summed E-state index contributed by atoms with van der Waals surface area (Å²) in [6.07, 6.45) is -1.54. The molecule has 1 heterocycles. The van der Waals surface area contributed by atoms with E-state index >= 15 is 0 Å². The Kier molecular flexibility index (Phi) is 4.72. The summed E-state index contributed by atoms with van der Waals surface area (Å²) in [6.45, 7) is 3.56. The van der Waals surface area contributed by atoms with Gasteiger partial charge in [0.05, 0.1) is 16.6 Å². The minimum absolute atomic E-state index is 0.166. The standard InChI is InChI=1S/C15H13F4N3O3/c1-15(2)4-3-7(21-15)6(5-20)14(23)8-9(16)10(17)11(18)12(19)13(8)22(24)25/h14,21,23H,3-4H2,1-2H3/b7-6-. The molecular formula is C15H13F4N3O3. The van der Waals surface area contributed by atoms with Crippen molar-refractivity contribution in [1.29, 1.82) is 5.26 Å². The summed E-state index contributed by atoms with van der Waals surface area (Å²) in [6, 6.07) is 1.57. The van der Waals surface area contributed by atoms with Crippen molar-refractivity contribution < 1.29 is 27.6 Å². The second-order valence-electron chi connectivity index (χ2n) is 6.19. The molecule has 1 aliphatic rings. The summed E-state index contributed by atoms with van der Waals surface area (Å²) in [5.41, 5.74) is -4.01. The number of aliphatic hydroxyl groups is 1. The zero-order valence-corrected chi connectivity index (χ0v) is 13.2. The van der Waals surface area contributed by atoms with Crippen molar-refractivity contribution in [3.63, 3.8) is 0 Å². The average molecular weight is 359 g/mol. The number of aliphatic hydroxyl groups excluding tert-OH is 1. The first-order valence-corrected chi connectivity index (χ1v) is 7.11. The zero-order chi connectivity index (χ0) is 19.1. The van der Waals surface area contributed by atoms with Crippen molar-refractivity contribution >= 4 is 5.69 Å². The van der Waals surface area contributed by atoms with Gasteiger partial charge < -0.3 is 10.4 Å². The average Bonchev–Trinajstić information content (AvgIpc) is 2.88. The predicted octanol–water partition coefficient (Wildman–Crippen LogP) is 3.12. The first kappa shape index (κ1) is 18.7. The molecule has 0 radical (unpaired) electrons. The fraction of sp³-hybridized carbons (Fsp3) is 0.400. The van der Waals surface area contributed by atoms with E-state index in [9.17, 15) is 38.0 Å². The van der Waals surface area contributed by atoms with E-state index in [0.29, 0.717) is 6.42 Å². The lowest BCUT2D eigenvalue weighted by molar-refractivity contribution is -0.389. The van der Waals surface area contributed by atoms with E-state index in [2.05, 4.69) is 5.32 Å². The molecule has 1 fully saturated rings. The summed E-state index contributed by atoms with van der Waals surface area (Å²) in [5.74, 6) is -9.05. The number of nitrogens with zero attached hydrogens (tertiary/aromatic N) is 2. The van der Waals surface area contributed by atoms with Gasteiger partial charge in [-0.15, -0.1) is 0 Å². The largest absolute Gasteiger partial charge is 0.383 e. The van der Waals surface area contributed by atoms with E-state index in [1.54, 1.807) is 19.9 Å². The lowest BCUT2D eigenvalue weighted by atomic mass is 9.97. The Bertz CT molecular complexity index is 831. The van der Waals surface area contributed by atoms with Crippen LogP contribution in [0, 0.1) is 44.7 Å². The number of nitriles is 1. The summed E-state index contributed by atoms with van der Waals surface area (Å²) in [4.78, 5) is 9.50. The maximum absolute atomic E-state index is 14.1. The van der Waals surface area contributed by atoms with Crippen molar-refractivity contribution in [2.75, 3.05) is 0 Å². The monoisotopic (exact) mass is 359 g/mol. The molecule has 1 atom stereocenters. The topological polar surface area (TPSA) is 99.2 Å². The number of hydrogen-bond donors (Lipinski definition) is 2. The highest BCUT2D eigenvalue weighted by atomic mass is 19.2. The van der Waals surface area contributed by atoms with Gasteiger partial charge in [0.1, 0.15) is 11.7 Å². The molecule has 0 bridgehead atoms. The van der Waals surface area contributed by atoms with Gasteiger partial charge >= 0.3 is 5.69 Å². The van der Waals surface area contributed by atoms with Crippen molar-refractivity contribution in [3.8, 4) is 6.07 Å². The number of halogens is 4. The molecule has 25 heavy (non-hydrogen) atoms. The van der Waals surface area contributed by atoms with Gasteiger partial charge in [-0.1, -0.05) is 0 Å². The molecule has 0 aromatic heterocycles. The highest BCUT2D eigenvalue weighted by Crippen LogP contribution is 2.39. The van der Waals surface area contributed by atoms with Crippen LogP contribution in [-0.2, 0) is 0 Å². The summed E-state index contributed by atoms with van der Waals surface area (Å²) in [7, 11) is 0. The molecule has 0 amide bonds. The van der Waals surface area contributed by atoms with Crippen molar-refractivity contribution in [1.82, 2.24) is 5.32 Å². The number of nitro groups is 1. The highest BCUT2D eigenvalue weighted by Gasteiger charge is 2.39. The van der Waals surface area contributed by atoms with Crippen LogP contribution in [0.15, 0.2) is 11.3 Å². The first-order valence-electron chi connectivity index (χ1n) is 7.11. The SMILES string of the molecule is CC1(C)CC/C(=C(\C#N)C(O)c2c(F)c(F)c(F)c(F)c2[N+](=O)[O-])N1. The van der Waals surface area contributed by atoms with Crippen LogP contribution in [0.25, 0.3) is 0 Å². The molecule has 10 heteroatoms. The highest BCUT2D eigenvalue weighted by molar-refractivity contribution is 5.50. The maximum atomic E-state index is 14.1. The van der Waals surface area contributed by atoms with E-state index in [1.165, 1.54) is 0 Å². The smallest absolute Gasteiger partial charge is 0.317 e. The second-order valence-corrected chi connectivity index (χ2v) is 6.19. The summed E-state index contributed by atoms with van der Waals surface area (Å²) >= 11 is 0. The quantitative estimate of drug-likeness (QED) is 0.216. The molecule has 0 spiro atoms. The normalized spacial score (nSPS) is 19.1. The van der Waals surface area contributed by atoms with Gasteiger partial charge in [-0.05, 0) is 26.7 Å². The predicted molar refractivity (Wildman–Crippen MR) is 77.0 cm³/mol. The van der Waals surface area contributed by atoms with Crippen LogP contribution in [0.3, 0.4) is 0 Å². The fourth-order valence-corrected chi connectivity index (χ4v) is 2.68. The molecule has 1 aromatic carbocycles. The molecule has 1 saturated heterocycles. The molecule has 134 valence electrons. The number of nitrogens with one attached hydrogen (secondary N) is 1. The number of benzene rings is 1. The molecule has 2 N–H and O–H groups in total. The first-order chi connectivity index (χ1) is 11.5. The van der Waals surface area contributed by atoms with Gasteiger partial charge in [0.2, 0.25) is 11.6 Å². The van der Waals surface area contributed by atoms with Crippen LogP contribution in [-0.4, -0.2) is 15.6 Å². The number of hydrogen-bond acceptors (Lipinski definition) is 5. The van der Waals surface area contributed by atoms with Crippen LogP contribution >= 0.6 is 0 Å². The number of allylic oxidation sites excluding steroid dienone is 1. The third-order valence-corrected chi connectivity index (χ3v) is 3.94. The minimum Gasteiger partial charge on any atom is -0.383 e. The molecule has 0 saturated carbocycles. The third-order valence-electron chi connectivity index (χ3n) is 3.94. The van der Waals surface area contributed by atoms with E-state index in [-0.39, 0.29) is 12.1 Å². The Labute approximate surface area is 139 Å². The molecule has 1 aliphatic heterocycles. The van der Waals surface area contributed by atoms with Gasteiger partial charge in [-0.2, -0.15) is 9.65 Å². The van der Waals surface area contributed by atoms with E-state index in [0.717, 1.165) is 0 Å². The Morgan fingerprint density at radius 3 is 2.28 bits per heavy atom.